The Bertz CT molecular complexity index is 1360. The van der Waals surface area contributed by atoms with Gasteiger partial charge in [0, 0.05) is 24.4 Å². The minimum atomic E-state index is -0.711. The van der Waals surface area contributed by atoms with E-state index in [1.165, 1.54) is 7.05 Å². The molecule has 2 aromatic heterocycles. The number of hydrogen-bond acceptors (Lipinski definition) is 5. The number of azo groups is 1. The first-order valence-corrected chi connectivity index (χ1v) is 8.86. The number of aromatic nitrogens is 3. The van der Waals surface area contributed by atoms with Crippen LogP contribution in [0.25, 0.3) is 21.7 Å². The lowest BCUT2D eigenvalue weighted by atomic mass is 10.1. The van der Waals surface area contributed by atoms with Crippen LogP contribution in [0.5, 0.6) is 5.88 Å². The van der Waals surface area contributed by atoms with Crippen molar-refractivity contribution in [2.75, 3.05) is 0 Å². The lowest BCUT2D eigenvalue weighted by Gasteiger charge is -2.04. The number of carbonyl (C=O) groups excluding carboxylic acids is 1. The fraction of sp³-hybridized carbons (Fsp3) is 0.0952. The van der Waals surface area contributed by atoms with Gasteiger partial charge in [-0.1, -0.05) is 42.5 Å². The molecule has 0 radical (unpaired) electrons. The molecule has 0 aliphatic rings. The Hall–Kier alpha value is -4.07. The highest BCUT2D eigenvalue weighted by molar-refractivity contribution is 6.05. The van der Waals surface area contributed by atoms with Crippen LogP contribution in [0.15, 0.2) is 76.2 Å². The first kappa shape index (κ1) is 18.3. The zero-order valence-corrected chi connectivity index (χ0v) is 15.6. The molecular weight excluding hydrogens is 370 g/mol. The molecule has 0 spiro atoms. The standard InChI is InChI=1S/C21H17N5O3/c1-3-12-26-16-11-7-6-10-15(16)18(21(26)29)22-23-19(27)17-13-8-4-5-9-14(13)20(28)25(2)24-17/h3-11,29H,1,12H2,2H3. The van der Waals surface area contributed by atoms with Gasteiger partial charge in [-0.2, -0.15) is 5.10 Å². The maximum atomic E-state index is 12.7. The lowest BCUT2D eigenvalue weighted by Crippen LogP contribution is -2.22. The molecule has 4 aromatic rings. The summed E-state index contributed by atoms with van der Waals surface area (Å²) >= 11 is 0. The number of benzene rings is 2. The lowest BCUT2D eigenvalue weighted by molar-refractivity contribution is 0.0990. The van der Waals surface area contributed by atoms with Crippen molar-refractivity contribution in [2.24, 2.45) is 17.3 Å². The molecule has 8 nitrogen and oxygen atoms in total. The SMILES string of the molecule is C=CCn1c(O)c(N=NC(=O)c2nn(C)c(=O)c3ccccc23)c2ccccc21. The number of carbonyl (C=O) groups is 1. The number of allylic oxidation sites excluding steroid dienone is 1. The van der Waals surface area contributed by atoms with Gasteiger partial charge in [-0.3, -0.25) is 9.59 Å². The molecule has 4 rings (SSSR count). The number of aromatic hydroxyl groups is 1. The van der Waals surface area contributed by atoms with Crippen LogP contribution in [0.1, 0.15) is 10.5 Å². The zero-order valence-electron chi connectivity index (χ0n) is 15.6. The summed E-state index contributed by atoms with van der Waals surface area (Å²) in [7, 11) is 1.47. The van der Waals surface area contributed by atoms with Crippen molar-refractivity contribution >= 4 is 33.3 Å². The van der Waals surface area contributed by atoms with Gasteiger partial charge in [-0.25, -0.2) is 4.68 Å². The van der Waals surface area contributed by atoms with E-state index in [0.29, 0.717) is 22.7 Å². The Morgan fingerprint density at radius 2 is 1.79 bits per heavy atom. The summed E-state index contributed by atoms with van der Waals surface area (Å²) in [4.78, 5) is 25.0. The topological polar surface area (TPSA) is 102 Å². The molecule has 0 aliphatic heterocycles. The van der Waals surface area contributed by atoms with Gasteiger partial charge in [0.1, 0.15) is 0 Å². The van der Waals surface area contributed by atoms with Crippen LogP contribution >= 0.6 is 0 Å². The van der Waals surface area contributed by atoms with Gasteiger partial charge >= 0.3 is 5.91 Å². The second-order valence-electron chi connectivity index (χ2n) is 6.42. The third-order valence-electron chi connectivity index (χ3n) is 4.63. The average molecular weight is 387 g/mol. The predicted octanol–water partition coefficient (Wildman–Crippen LogP) is 3.70. The summed E-state index contributed by atoms with van der Waals surface area (Å²) in [5.41, 5.74) is 0.641. The van der Waals surface area contributed by atoms with Crippen molar-refractivity contribution in [1.82, 2.24) is 14.3 Å². The monoisotopic (exact) mass is 387 g/mol. The molecule has 0 saturated heterocycles. The van der Waals surface area contributed by atoms with E-state index < -0.39 is 5.91 Å². The van der Waals surface area contributed by atoms with Crippen molar-refractivity contribution in [3.05, 3.63) is 77.2 Å². The quantitative estimate of drug-likeness (QED) is 0.426. The van der Waals surface area contributed by atoms with E-state index in [0.717, 1.165) is 10.2 Å². The van der Waals surface area contributed by atoms with E-state index in [1.807, 2.05) is 18.2 Å². The van der Waals surface area contributed by atoms with Gasteiger partial charge in [0.15, 0.2) is 11.4 Å². The number of rotatable bonds is 4. The van der Waals surface area contributed by atoms with Crippen molar-refractivity contribution in [2.45, 2.75) is 6.54 Å². The van der Waals surface area contributed by atoms with Gasteiger partial charge < -0.3 is 9.67 Å². The van der Waals surface area contributed by atoms with E-state index >= 15 is 0 Å². The second kappa shape index (κ2) is 7.16. The van der Waals surface area contributed by atoms with Crippen molar-refractivity contribution in [3.63, 3.8) is 0 Å². The largest absolute Gasteiger partial charge is 0.493 e. The van der Waals surface area contributed by atoms with E-state index in [1.54, 1.807) is 41.0 Å². The molecule has 8 heteroatoms. The Balaban J connectivity index is 1.82. The minimum Gasteiger partial charge on any atom is -0.493 e. The molecule has 0 aliphatic carbocycles. The van der Waals surface area contributed by atoms with Crippen molar-refractivity contribution in [1.29, 1.82) is 0 Å². The first-order valence-electron chi connectivity index (χ1n) is 8.86. The van der Waals surface area contributed by atoms with Crippen LogP contribution in [-0.2, 0) is 13.6 Å². The maximum absolute atomic E-state index is 12.7. The van der Waals surface area contributed by atoms with Crippen LogP contribution in [0.2, 0.25) is 0 Å². The molecule has 0 bridgehead atoms. The van der Waals surface area contributed by atoms with Gasteiger partial charge in [0.25, 0.3) is 5.56 Å². The second-order valence-corrected chi connectivity index (χ2v) is 6.42. The van der Waals surface area contributed by atoms with Crippen LogP contribution in [0.3, 0.4) is 0 Å². The summed E-state index contributed by atoms with van der Waals surface area (Å²) < 4.78 is 2.72. The normalized spacial score (nSPS) is 11.5. The molecule has 0 atom stereocenters. The van der Waals surface area contributed by atoms with E-state index in [2.05, 4.69) is 21.9 Å². The highest BCUT2D eigenvalue weighted by atomic mass is 16.3. The number of aryl methyl sites for hydroxylation is 1. The number of para-hydroxylation sites is 1. The molecule has 29 heavy (non-hydrogen) atoms. The third-order valence-corrected chi connectivity index (χ3v) is 4.63. The summed E-state index contributed by atoms with van der Waals surface area (Å²) in [6, 6.07) is 14.0. The molecular formula is C21H17N5O3. The maximum Gasteiger partial charge on any atom is 0.316 e. The molecule has 2 heterocycles. The van der Waals surface area contributed by atoms with E-state index in [-0.39, 0.29) is 22.8 Å². The van der Waals surface area contributed by atoms with E-state index in [4.69, 9.17) is 0 Å². The number of nitrogens with zero attached hydrogens (tertiary/aromatic N) is 5. The van der Waals surface area contributed by atoms with Crippen molar-refractivity contribution in [3.8, 4) is 5.88 Å². The average Bonchev–Trinajstić information content (AvgIpc) is 3.00. The minimum absolute atomic E-state index is 0.0146. The number of amides is 1. The van der Waals surface area contributed by atoms with Crippen molar-refractivity contribution < 1.29 is 9.90 Å². The van der Waals surface area contributed by atoms with Crippen LogP contribution in [0, 0.1) is 0 Å². The van der Waals surface area contributed by atoms with Gasteiger partial charge in [0.05, 0.1) is 10.9 Å². The Morgan fingerprint density at radius 3 is 2.52 bits per heavy atom. The molecule has 1 N–H and O–H groups in total. The molecule has 0 unspecified atom stereocenters. The highest BCUT2D eigenvalue weighted by Crippen LogP contribution is 2.38. The molecule has 144 valence electrons. The summed E-state index contributed by atoms with van der Waals surface area (Å²) in [6.45, 7) is 4.07. The van der Waals surface area contributed by atoms with E-state index in [9.17, 15) is 14.7 Å². The Labute approximate surface area is 165 Å². The van der Waals surface area contributed by atoms with Gasteiger partial charge in [-0.05, 0) is 12.1 Å². The number of hydrogen-bond donors (Lipinski definition) is 1. The van der Waals surface area contributed by atoms with Crippen LogP contribution in [-0.4, -0.2) is 25.4 Å². The smallest absolute Gasteiger partial charge is 0.316 e. The number of fused-ring (bicyclic) bond motifs is 2. The fourth-order valence-electron chi connectivity index (χ4n) is 3.28. The zero-order chi connectivity index (χ0) is 20.5. The predicted molar refractivity (Wildman–Crippen MR) is 110 cm³/mol. The first-order chi connectivity index (χ1) is 14.0. The van der Waals surface area contributed by atoms with Crippen LogP contribution in [0.4, 0.5) is 5.69 Å². The Morgan fingerprint density at radius 1 is 1.14 bits per heavy atom. The fourth-order valence-corrected chi connectivity index (χ4v) is 3.28. The van der Waals surface area contributed by atoms with Gasteiger partial charge in [-0.15, -0.1) is 16.8 Å². The van der Waals surface area contributed by atoms with Gasteiger partial charge in [0.2, 0.25) is 5.88 Å². The Kier molecular flexibility index (Phi) is 4.52. The van der Waals surface area contributed by atoms with Crippen LogP contribution < -0.4 is 5.56 Å². The molecule has 0 fully saturated rings. The molecule has 0 saturated carbocycles. The third kappa shape index (κ3) is 3.00. The summed E-state index contributed by atoms with van der Waals surface area (Å²) in [5, 5.41) is 23.8. The highest BCUT2D eigenvalue weighted by Gasteiger charge is 2.18. The summed E-state index contributed by atoms with van der Waals surface area (Å²) in [6.07, 6.45) is 1.65. The molecule has 2 aromatic carbocycles. The summed E-state index contributed by atoms with van der Waals surface area (Å²) in [5.74, 6) is -0.822. The molecule has 1 amide bonds.